The van der Waals surface area contributed by atoms with Gasteiger partial charge < -0.3 is 16.0 Å². The molecule has 0 saturated carbocycles. The Balaban J connectivity index is 1.42. The summed E-state index contributed by atoms with van der Waals surface area (Å²) in [5.41, 5.74) is 5.98. The van der Waals surface area contributed by atoms with Crippen LogP contribution in [0.4, 0.5) is 17.2 Å². The highest BCUT2D eigenvalue weighted by atomic mass is 15.1. The van der Waals surface area contributed by atoms with Crippen molar-refractivity contribution in [2.45, 2.75) is 18.9 Å². The Morgan fingerprint density at radius 2 is 2.20 bits per heavy atom. The van der Waals surface area contributed by atoms with E-state index in [1.165, 1.54) is 11.1 Å². The van der Waals surface area contributed by atoms with E-state index < -0.39 is 0 Å². The second kappa shape index (κ2) is 5.89. The quantitative estimate of drug-likeness (QED) is 0.555. The Morgan fingerprint density at radius 1 is 1.20 bits per heavy atom. The summed E-state index contributed by atoms with van der Waals surface area (Å²) in [4.78, 5) is 4.54. The average Bonchev–Trinajstić information content (AvgIpc) is 3.29. The fourth-order valence-corrected chi connectivity index (χ4v) is 3.72. The molecule has 3 aromatic rings. The second-order valence-corrected chi connectivity index (χ2v) is 6.62. The first-order valence-corrected chi connectivity index (χ1v) is 8.71. The largest absolute Gasteiger partial charge is 0.363 e. The molecule has 1 unspecified atom stereocenters. The van der Waals surface area contributed by atoms with Gasteiger partial charge in [0.1, 0.15) is 5.82 Å². The Kier molecular flexibility index (Phi) is 3.41. The highest BCUT2D eigenvalue weighted by Crippen LogP contribution is 2.35. The highest BCUT2D eigenvalue weighted by Gasteiger charge is 2.27. The van der Waals surface area contributed by atoms with E-state index in [1.807, 2.05) is 18.5 Å². The van der Waals surface area contributed by atoms with Gasteiger partial charge in [0.15, 0.2) is 0 Å². The van der Waals surface area contributed by atoms with Crippen LogP contribution in [-0.4, -0.2) is 34.3 Å². The third-order valence-corrected chi connectivity index (χ3v) is 5.04. The van der Waals surface area contributed by atoms with E-state index >= 15 is 0 Å². The zero-order valence-electron chi connectivity index (χ0n) is 13.8. The van der Waals surface area contributed by atoms with E-state index in [0.717, 1.165) is 54.0 Å². The molecule has 5 rings (SSSR count). The summed E-state index contributed by atoms with van der Waals surface area (Å²) in [5, 5.41) is 18.7. The van der Waals surface area contributed by atoms with Gasteiger partial charge in [-0.25, -0.2) is 4.98 Å². The maximum atomic E-state index is 4.54. The van der Waals surface area contributed by atoms with Crippen LogP contribution in [0.15, 0.2) is 48.3 Å². The first kappa shape index (κ1) is 14.5. The molecule has 6 nitrogen and oxygen atoms in total. The number of H-pyrrole nitrogens is 1. The highest BCUT2D eigenvalue weighted by molar-refractivity contribution is 5.83. The lowest BCUT2D eigenvalue weighted by molar-refractivity contribution is 0.662. The van der Waals surface area contributed by atoms with Crippen molar-refractivity contribution in [1.29, 1.82) is 0 Å². The van der Waals surface area contributed by atoms with Gasteiger partial charge in [-0.1, -0.05) is 6.08 Å². The molecule has 1 aromatic carbocycles. The predicted octanol–water partition coefficient (Wildman–Crippen LogP) is 2.96. The number of pyridine rings is 1. The van der Waals surface area contributed by atoms with Crippen molar-refractivity contribution in [3.63, 3.8) is 0 Å². The fraction of sp³-hybridized carbons (Fsp3) is 0.263. The van der Waals surface area contributed by atoms with Crippen molar-refractivity contribution in [2.24, 2.45) is 0 Å². The predicted molar refractivity (Wildman–Crippen MR) is 100 cm³/mol. The summed E-state index contributed by atoms with van der Waals surface area (Å²) in [6.45, 7) is 2.02. The number of fused-ring (bicyclic) bond motifs is 2. The number of nitrogens with one attached hydrogen (secondary N) is 4. The molecular formula is C19H20N6. The minimum atomic E-state index is 0.365. The molecule has 0 fully saturated rings. The van der Waals surface area contributed by atoms with Crippen LogP contribution >= 0.6 is 0 Å². The summed E-state index contributed by atoms with van der Waals surface area (Å²) in [7, 11) is 0. The van der Waals surface area contributed by atoms with Gasteiger partial charge in [0.05, 0.1) is 17.8 Å². The van der Waals surface area contributed by atoms with E-state index in [-0.39, 0.29) is 0 Å². The lowest BCUT2D eigenvalue weighted by Crippen LogP contribution is -2.28. The Hall–Kier alpha value is -2.86. The molecule has 0 saturated heterocycles. The molecule has 0 amide bonds. The molecule has 126 valence electrons. The second-order valence-electron chi connectivity index (χ2n) is 6.62. The van der Waals surface area contributed by atoms with Gasteiger partial charge >= 0.3 is 0 Å². The van der Waals surface area contributed by atoms with Crippen LogP contribution in [0.3, 0.4) is 0 Å². The number of rotatable bonds is 3. The van der Waals surface area contributed by atoms with Gasteiger partial charge in [0, 0.05) is 41.5 Å². The van der Waals surface area contributed by atoms with Gasteiger partial charge in [0.2, 0.25) is 0 Å². The summed E-state index contributed by atoms with van der Waals surface area (Å²) in [6, 6.07) is 8.65. The maximum absolute atomic E-state index is 4.54. The number of benzene rings is 1. The summed E-state index contributed by atoms with van der Waals surface area (Å²) in [5.74, 6) is 0.999. The zero-order valence-corrected chi connectivity index (χ0v) is 13.8. The van der Waals surface area contributed by atoms with Crippen LogP contribution in [0.25, 0.3) is 10.9 Å². The van der Waals surface area contributed by atoms with Crippen LogP contribution < -0.4 is 16.0 Å². The molecule has 0 bridgehead atoms. The van der Waals surface area contributed by atoms with Gasteiger partial charge in [-0.2, -0.15) is 5.10 Å². The van der Waals surface area contributed by atoms with Crippen molar-refractivity contribution >= 4 is 28.1 Å². The van der Waals surface area contributed by atoms with Gasteiger partial charge in [-0.15, -0.1) is 0 Å². The summed E-state index contributed by atoms with van der Waals surface area (Å²) < 4.78 is 0. The summed E-state index contributed by atoms with van der Waals surface area (Å²) >= 11 is 0. The average molecular weight is 332 g/mol. The van der Waals surface area contributed by atoms with Crippen molar-refractivity contribution in [2.75, 3.05) is 23.7 Å². The smallest absolute Gasteiger partial charge is 0.131 e. The minimum absolute atomic E-state index is 0.365. The molecule has 0 aliphatic carbocycles. The first-order chi connectivity index (χ1) is 12.4. The topological polar surface area (TPSA) is 77.7 Å². The van der Waals surface area contributed by atoms with Crippen molar-refractivity contribution in [3.05, 3.63) is 53.9 Å². The molecule has 2 aliphatic heterocycles. The van der Waals surface area contributed by atoms with E-state index in [4.69, 9.17) is 0 Å². The standard InChI is InChI=1S/C19H20N6/c1-2-16-13(11-22-25-16)9-14(1)23-17-5-8-21-19-15(17)10-18(24-19)12-3-6-20-7-4-12/h1-3,5,8-9,11,18,20H,4,6-7,10H2,(H,22,25)(H2,21,23,24). The van der Waals surface area contributed by atoms with Crippen molar-refractivity contribution in [1.82, 2.24) is 20.5 Å². The molecule has 0 radical (unpaired) electrons. The molecule has 1 atom stereocenters. The van der Waals surface area contributed by atoms with E-state index in [9.17, 15) is 0 Å². The molecule has 2 aliphatic rings. The molecular weight excluding hydrogens is 312 g/mol. The number of aromatic nitrogens is 3. The third kappa shape index (κ3) is 2.64. The first-order valence-electron chi connectivity index (χ1n) is 8.71. The van der Waals surface area contributed by atoms with E-state index in [1.54, 1.807) is 0 Å². The Morgan fingerprint density at radius 3 is 3.12 bits per heavy atom. The third-order valence-electron chi connectivity index (χ3n) is 5.04. The van der Waals surface area contributed by atoms with Crippen LogP contribution in [0.2, 0.25) is 0 Å². The maximum Gasteiger partial charge on any atom is 0.131 e. The Bertz CT molecular complexity index is 957. The lowest BCUT2D eigenvalue weighted by Gasteiger charge is -2.20. The SMILES string of the molecule is C1=C(C2Cc3c(Nc4ccc5[nH]ncc5c4)ccnc3N2)CCNC1. The van der Waals surface area contributed by atoms with Crippen LogP contribution in [-0.2, 0) is 6.42 Å². The molecule has 4 heterocycles. The number of hydrogen-bond donors (Lipinski definition) is 4. The van der Waals surface area contributed by atoms with Gasteiger partial charge in [0.25, 0.3) is 0 Å². The molecule has 25 heavy (non-hydrogen) atoms. The molecule has 4 N–H and O–H groups in total. The Labute approximate surface area is 145 Å². The monoisotopic (exact) mass is 332 g/mol. The molecule has 0 spiro atoms. The van der Waals surface area contributed by atoms with Crippen molar-refractivity contribution in [3.8, 4) is 0 Å². The fourth-order valence-electron chi connectivity index (χ4n) is 3.72. The number of anilines is 3. The van der Waals surface area contributed by atoms with Crippen molar-refractivity contribution < 1.29 is 0 Å². The van der Waals surface area contributed by atoms with Crippen LogP contribution in [0.1, 0.15) is 12.0 Å². The van der Waals surface area contributed by atoms with E-state index in [0.29, 0.717) is 6.04 Å². The molecule has 2 aromatic heterocycles. The normalized spacial score (nSPS) is 19.4. The van der Waals surface area contributed by atoms with E-state index in [2.05, 4.69) is 55.4 Å². The number of aromatic amines is 1. The number of hydrogen-bond acceptors (Lipinski definition) is 5. The lowest BCUT2D eigenvalue weighted by atomic mass is 9.98. The van der Waals surface area contributed by atoms with Gasteiger partial charge in [-0.3, -0.25) is 5.10 Å². The number of nitrogens with zero attached hydrogens (tertiary/aromatic N) is 2. The summed E-state index contributed by atoms with van der Waals surface area (Å²) in [6.07, 6.45) is 8.10. The zero-order chi connectivity index (χ0) is 16.6. The van der Waals surface area contributed by atoms with Crippen LogP contribution in [0, 0.1) is 0 Å². The van der Waals surface area contributed by atoms with Crippen LogP contribution in [0.5, 0.6) is 0 Å². The minimum Gasteiger partial charge on any atom is -0.363 e. The van der Waals surface area contributed by atoms with Gasteiger partial charge in [-0.05, 0) is 42.8 Å². The molecule has 6 heteroatoms.